The Labute approximate surface area is 192 Å². The lowest BCUT2D eigenvalue weighted by Crippen LogP contribution is -2.51. The highest BCUT2D eigenvalue weighted by molar-refractivity contribution is 8.02. The summed E-state index contributed by atoms with van der Waals surface area (Å²) in [5.41, 5.74) is 4.38. The molecule has 3 amide bonds. The third kappa shape index (κ3) is 3.22. The maximum absolute atomic E-state index is 14.0. The van der Waals surface area contributed by atoms with Crippen LogP contribution in [0.4, 0.5) is 11.4 Å². The van der Waals surface area contributed by atoms with E-state index in [1.807, 2.05) is 56.3 Å². The summed E-state index contributed by atoms with van der Waals surface area (Å²) in [6.45, 7) is 3.99. The minimum atomic E-state index is -1.18. The Hall–Kier alpha value is -2.80. The van der Waals surface area contributed by atoms with Crippen molar-refractivity contribution < 1.29 is 14.4 Å². The number of hydrogen-bond donors (Lipinski definition) is 1. The number of nitrogens with zero attached hydrogens (tertiary/aromatic N) is 2. The summed E-state index contributed by atoms with van der Waals surface area (Å²) >= 11 is 1.34. The van der Waals surface area contributed by atoms with E-state index in [2.05, 4.69) is 5.32 Å². The van der Waals surface area contributed by atoms with Gasteiger partial charge in [-0.2, -0.15) is 0 Å². The first-order valence-electron chi connectivity index (χ1n) is 11.2. The highest BCUT2D eigenvalue weighted by Gasteiger charge is 2.61. The number of rotatable bonds is 4. The van der Waals surface area contributed by atoms with E-state index < -0.39 is 4.87 Å². The molecule has 3 aliphatic rings. The Morgan fingerprint density at radius 1 is 1.09 bits per heavy atom. The number of aryl methyl sites for hydroxylation is 2. The van der Waals surface area contributed by atoms with E-state index >= 15 is 0 Å². The summed E-state index contributed by atoms with van der Waals surface area (Å²) in [6, 6.07) is 13.6. The van der Waals surface area contributed by atoms with Gasteiger partial charge in [-0.25, -0.2) is 0 Å². The summed E-state index contributed by atoms with van der Waals surface area (Å²) in [7, 11) is 0. The molecule has 1 atom stereocenters. The molecule has 2 aliphatic heterocycles. The molecule has 1 spiro atoms. The van der Waals surface area contributed by atoms with E-state index in [1.54, 1.807) is 9.80 Å². The third-order valence-corrected chi connectivity index (χ3v) is 8.22. The van der Waals surface area contributed by atoms with Gasteiger partial charge in [0.25, 0.3) is 5.91 Å². The van der Waals surface area contributed by atoms with Crippen LogP contribution < -0.4 is 15.1 Å². The fraction of sp³-hybridized carbons (Fsp3) is 0.400. The highest BCUT2D eigenvalue weighted by Crippen LogP contribution is 2.55. The molecule has 0 radical (unpaired) electrons. The first kappa shape index (κ1) is 21.1. The van der Waals surface area contributed by atoms with Gasteiger partial charge in [0.1, 0.15) is 6.54 Å². The zero-order valence-electron chi connectivity index (χ0n) is 18.4. The van der Waals surface area contributed by atoms with Crippen molar-refractivity contribution in [2.75, 3.05) is 22.1 Å². The first-order valence-corrected chi connectivity index (χ1v) is 12.2. The van der Waals surface area contributed by atoms with E-state index in [0.29, 0.717) is 11.4 Å². The van der Waals surface area contributed by atoms with Gasteiger partial charge < -0.3 is 5.32 Å². The predicted molar refractivity (Wildman–Crippen MR) is 127 cm³/mol. The topological polar surface area (TPSA) is 69.7 Å². The van der Waals surface area contributed by atoms with Gasteiger partial charge in [-0.15, -0.1) is 11.8 Å². The van der Waals surface area contributed by atoms with Gasteiger partial charge in [-0.1, -0.05) is 37.1 Å². The van der Waals surface area contributed by atoms with Crippen LogP contribution >= 0.6 is 11.8 Å². The zero-order chi connectivity index (χ0) is 22.5. The molecule has 1 aliphatic carbocycles. The summed E-state index contributed by atoms with van der Waals surface area (Å²) in [4.78, 5) is 41.9. The Bertz CT molecular complexity index is 1110. The van der Waals surface area contributed by atoms with Gasteiger partial charge in [0.15, 0.2) is 0 Å². The number of anilines is 2. The fourth-order valence-corrected chi connectivity index (χ4v) is 6.42. The minimum absolute atomic E-state index is 0.0381. The molecule has 0 bridgehead atoms. The number of para-hydroxylation sites is 1. The average molecular weight is 450 g/mol. The van der Waals surface area contributed by atoms with Gasteiger partial charge >= 0.3 is 0 Å². The van der Waals surface area contributed by atoms with Crippen LogP contribution in [-0.2, 0) is 19.3 Å². The average Bonchev–Trinajstić information content (AvgIpc) is 3.46. The predicted octanol–water partition coefficient (Wildman–Crippen LogP) is 3.64. The van der Waals surface area contributed by atoms with E-state index in [0.717, 1.165) is 42.4 Å². The zero-order valence-corrected chi connectivity index (χ0v) is 19.2. The number of hydrogen-bond acceptors (Lipinski definition) is 4. The molecule has 5 rings (SSSR count). The number of amides is 3. The largest absolute Gasteiger partial charge is 0.352 e. The van der Waals surface area contributed by atoms with Crippen LogP contribution in [0, 0.1) is 13.8 Å². The molecule has 2 aromatic carbocycles. The molecule has 32 heavy (non-hydrogen) atoms. The van der Waals surface area contributed by atoms with E-state index in [-0.39, 0.29) is 36.1 Å². The number of nitrogens with one attached hydrogen (secondary N) is 1. The van der Waals surface area contributed by atoms with Crippen molar-refractivity contribution in [2.45, 2.75) is 50.4 Å². The lowest BCUT2D eigenvalue weighted by molar-refractivity contribution is -0.126. The monoisotopic (exact) mass is 449 g/mol. The Kier molecular flexibility index (Phi) is 5.24. The quantitative estimate of drug-likeness (QED) is 0.774. The molecule has 2 aromatic rings. The Morgan fingerprint density at radius 2 is 1.84 bits per heavy atom. The van der Waals surface area contributed by atoms with Crippen LogP contribution in [0.25, 0.3) is 0 Å². The molecule has 1 saturated carbocycles. The summed E-state index contributed by atoms with van der Waals surface area (Å²) in [6.07, 6.45) is 4.24. The van der Waals surface area contributed by atoms with Crippen LogP contribution in [0.15, 0.2) is 42.5 Å². The standard InChI is InChI=1S/C25H27N3O3S/c1-16-11-12-19(13-17(16)2)28-23(30)15-32-25(28)20-9-5-6-10-21(20)27(24(25)31)14-22(29)26-18-7-3-4-8-18/h5-6,9-13,18H,3-4,7-8,14-15H2,1-2H3,(H,26,29)/t25-/m1/s1. The molecule has 7 heteroatoms. The third-order valence-electron chi connectivity index (χ3n) is 6.83. The van der Waals surface area contributed by atoms with Crippen LogP contribution in [0.1, 0.15) is 42.4 Å². The molecule has 1 N–H and O–H groups in total. The number of thioether (sulfide) groups is 1. The number of benzene rings is 2. The van der Waals surface area contributed by atoms with Crippen molar-refractivity contribution in [1.82, 2.24) is 5.32 Å². The second-order valence-electron chi connectivity index (χ2n) is 8.89. The van der Waals surface area contributed by atoms with Crippen molar-refractivity contribution in [3.05, 3.63) is 59.2 Å². The van der Waals surface area contributed by atoms with Gasteiger partial charge in [0.05, 0.1) is 11.4 Å². The maximum atomic E-state index is 14.0. The van der Waals surface area contributed by atoms with Crippen molar-refractivity contribution >= 4 is 40.9 Å². The molecule has 2 heterocycles. The van der Waals surface area contributed by atoms with Gasteiger partial charge in [0, 0.05) is 17.3 Å². The van der Waals surface area contributed by atoms with Crippen molar-refractivity contribution in [1.29, 1.82) is 0 Å². The van der Waals surface area contributed by atoms with Crippen molar-refractivity contribution in [3.8, 4) is 0 Å². The fourth-order valence-electron chi connectivity index (χ4n) is 5.06. The van der Waals surface area contributed by atoms with Crippen LogP contribution in [0.5, 0.6) is 0 Å². The van der Waals surface area contributed by atoms with Crippen LogP contribution in [0.3, 0.4) is 0 Å². The highest BCUT2D eigenvalue weighted by atomic mass is 32.2. The number of carbonyl (C=O) groups excluding carboxylic acids is 3. The molecule has 6 nitrogen and oxygen atoms in total. The molecule has 1 saturated heterocycles. The van der Waals surface area contributed by atoms with E-state index in [1.165, 1.54) is 11.8 Å². The second-order valence-corrected chi connectivity index (χ2v) is 10.1. The van der Waals surface area contributed by atoms with Crippen LogP contribution in [-0.4, -0.2) is 36.1 Å². The molecular weight excluding hydrogens is 422 g/mol. The molecule has 0 unspecified atom stereocenters. The smallest absolute Gasteiger partial charge is 0.269 e. The Morgan fingerprint density at radius 3 is 2.59 bits per heavy atom. The number of carbonyl (C=O) groups is 3. The minimum Gasteiger partial charge on any atom is -0.352 e. The van der Waals surface area contributed by atoms with E-state index in [9.17, 15) is 14.4 Å². The lowest BCUT2D eigenvalue weighted by Gasteiger charge is -2.33. The maximum Gasteiger partial charge on any atom is 0.269 e. The normalized spacial score (nSPS) is 22.8. The number of fused-ring (bicyclic) bond motifs is 2. The molecule has 0 aromatic heterocycles. The SMILES string of the molecule is Cc1ccc(N2C(=O)CS[C@]23C(=O)N(CC(=O)NC2CCCC2)c2ccccc23)cc1C. The van der Waals surface area contributed by atoms with Crippen LogP contribution in [0.2, 0.25) is 0 Å². The molecule has 2 fully saturated rings. The Balaban J connectivity index is 1.53. The molecule has 166 valence electrons. The summed E-state index contributed by atoms with van der Waals surface area (Å²) in [5.74, 6) is -0.257. The van der Waals surface area contributed by atoms with Gasteiger partial charge in [-0.3, -0.25) is 24.2 Å². The van der Waals surface area contributed by atoms with Gasteiger partial charge in [-0.05, 0) is 56.0 Å². The summed E-state index contributed by atoms with van der Waals surface area (Å²) < 4.78 is 0. The van der Waals surface area contributed by atoms with Crippen molar-refractivity contribution in [2.24, 2.45) is 0 Å². The lowest BCUT2D eigenvalue weighted by atomic mass is 10.0. The second kappa shape index (κ2) is 7.96. The van der Waals surface area contributed by atoms with Crippen molar-refractivity contribution in [3.63, 3.8) is 0 Å². The van der Waals surface area contributed by atoms with E-state index in [4.69, 9.17) is 0 Å². The summed E-state index contributed by atoms with van der Waals surface area (Å²) in [5, 5.41) is 3.08. The molecular formula is C25H27N3O3S. The first-order chi connectivity index (χ1) is 15.4. The van der Waals surface area contributed by atoms with Gasteiger partial charge in [0.2, 0.25) is 16.7 Å².